The van der Waals surface area contributed by atoms with E-state index in [0.29, 0.717) is 6.42 Å². The summed E-state index contributed by atoms with van der Waals surface area (Å²) in [4.78, 5) is 47.5. The van der Waals surface area contributed by atoms with Crippen molar-refractivity contribution in [2.75, 3.05) is 18.5 Å². The number of nitrogens with zero attached hydrogens (tertiary/aromatic N) is 2. The minimum atomic E-state index is -3.11. The molecule has 34 heavy (non-hydrogen) atoms. The Morgan fingerprint density at radius 1 is 1.00 bits per heavy atom. The van der Waals surface area contributed by atoms with Crippen LogP contribution in [0.5, 0.6) is 0 Å². The van der Waals surface area contributed by atoms with Crippen LogP contribution in [0.3, 0.4) is 0 Å². The van der Waals surface area contributed by atoms with Gasteiger partial charge in [0.2, 0.25) is 5.91 Å². The number of carbonyl (C=O) groups is 4. The number of rotatable bonds is 8. The molecule has 0 saturated carbocycles. The first-order valence-electron chi connectivity index (χ1n) is 9.56. The van der Waals surface area contributed by atoms with Crippen LogP contribution in [0.15, 0.2) is 59.7 Å². The van der Waals surface area contributed by atoms with Crippen molar-refractivity contribution >= 4 is 45.5 Å². The van der Waals surface area contributed by atoms with Gasteiger partial charge in [0.05, 0.1) is 11.5 Å². The van der Waals surface area contributed by atoms with Crippen LogP contribution in [-0.2, 0) is 36.2 Å². The molecule has 0 bridgehead atoms. The average molecular weight is 494 g/mol. The molecule has 3 amide bonds. The molecule has 13 heteroatoms. The van der Waals surface area contributed by atoms with Crippen molar-refractivity contribution in [1.82, 2.24) is 10.2 Å². The van der Waals surface area contributed by atoms with E-state index in [1.165, 1.54) is 30.4 Å². The Bertz CT molecular complexity index is 1130. The number of allylic oxidation sites excluding steroid dienone is 4. The topological polar surface area (TPSA) is 159 Å². The van der Waals surface area contributed by atoms with Crippen molar-refractivity contribution in [3.63, 3.8) is 0 Å². The van der Waals surface area contributed by atoms with Gasteiger partial charge in [-0.15, -0.1) is 24.8 Å². The van der Waals surface area contributed by atoms with Crippen molar-refractivity contribution in [2.45, 2.75) is 12.8 Å². The molecule has 0 fully saturated rings. The van der Waals surface area contributed by atoms with Crippen molar-refractivity contribution < 1.29 is 61.4 Å². The standard InChI is InChI=1S/C21H19N4O4.Na.O3S/c26-18-4-2-1-3-17(18)24-23-16-8-5-15(6-9-16)7-10-19(27)22-13-14-25-20(28)11-12-21(25)29;;1-4(2)3/h2-6,8-9,11-12,23H,7,10,13-14H2,(H,22,27);;/q-1;+1;. The van der Waals surface area contributed by atoms with Gasteiger partial charge >= 0.3 is 40.2 Å². The van der Waals surface area contributed by atoms with E-state index in [4.69, 9.17) is 12.6 Å². The van der Waals surface area contributed by atoms with Crippen molar-refractivity contribution in [1.29, 1.82) is 0 Å². The molecule has 1 heterocycles. The molecular formula is C21H19N4NaO7S. The number of amides is 3. The molecule has 1 aromatic rings. The number of aryl methyl sites for hydroxylation is 1. The molecule has 0 saturated heterocycles. The predicted molar refractivity (Wildman–Crippen MR) is 116 cm³/mol. The Kier molecular flexibility index (Phi) is 12.6. The SMILES string of the molecule is O=C(CCc1ccc(NN=C2C=[C-]C=CC2=O)cc1)NCCN1C(=O)C=CC1=O.O=S(=O)=O.[Na+]. The zero-order valence-electron chi connectivity index (χ0n) is 18.2. The van der Waals surface area contributed by atoms with Crippen LogP contribution in [0.1, 0.15) is 12.0 Å². The molecule has 2 N–H and O–H groups in total. The third-order valence-corrected chi connectivity index (χ3v) is 4.26. The Morgan fingerprint density at radius 3 is 2.21 bits per heavy atom. The smallest absolute Gasteiger partial charge is 0.354 e. The van der Waals surface area contributed by atoms with Gasteiger partial charge < -0.3 is 10.1 Å². The van der Waals surface area contributed by atoms with Gasteiger partial charge in [0.15, 0.2) is 0 Å². The Morgan fingerprint density at radius 2 is 1.62 bits per heavy atom. The summed E-state index contributed by atoms with van der Waals surface area (Å²) in [5.41, 5.74) is 4.78. The predicted octanol–water partition coefficient (Wildman–Crippen LogP) is -3.07. The maximum absolute atomic E-state index is 11.9. The maximum atomic E-state index is 11.9. The second kappa shape index (κ2) is 14.9. The molecule has 2 aliphatic rings. The van der Waals surface area contributed by atoms with Crippen molar-refractivity contribution in [2.24, 2.45) is 5.10 Å². The number of hydrogen-bond donors (Lipinski definition) is 2. The number of nitrogens with one attached hydrogen (secondary N) is 2. The summed E-state index contributed by atoms with van der Waals surface area (Å²) in [6, 6.07) is 7.36. The van der Waals surface area contributed by atoms with E-state index in [9.17, 15) is 19.2 Å². The van der Waals surface area contributed by atoms with E-state index in [2.05, 4.69) is 21.9 Å². The molecule has 0 aromatic heterocycles. The Hall–Kier alpha value is -3.19. The normalized spacial score (nSPS) is 15.0. The minimum absolute atomic E-state index is 0. The summed E-state index contributed by atoms with van der Waals surface area (Å²) in [5.74, 6) is -1.06. The molecule has 1 aromatic carbocycles. The number of carbonyl (C=O) groups excluding carboxylic acids is 4. The third-order valence-electron chi connectivity index (χ3n) is 4.26. The summed E-state index contributed by atoms with van der Waals surface area (Å²) in [7, 11) is -3.11. The third kappa shape index (κ3) is 10.2. The molecule has 11 nitrogen and oxygen atoms in total. The van der Waals surface area contributed by atoms with Gasteiger partial charge in [-0.1, -0.05) is 12.1 Å². The zero-order valence-corrected chi connectivity index (χ0v) is 21.0. The number of hydrogen-bond acceptors (Lipinski definition) is 9. The van der Waals surface area contributed by atoms with Crippen molar-refractivity contribution in [3.05, 3.63) is 66.3 Å². The van der Waals surface area contributed by atoms with Crippen LogP contribution >= 0.6 is 0 Å². The van der Waals surface area contributed by atoms with Gasteiger partial charge in [0.25, 0.3) is 11.8 Å². The van der Waals surface area contributed by atoms with E-state index >= 15 is 0 Å². The second-order valence-corrected chi connectivity index (χ2v) is 6.94. The summed E-state index contributed by atoms with van der Waals surface area (Å²) >= 11 is 0. The fourth-order valence-electron chi connectivity index (χ4n) is 2.67. The number of hydrazone groups is 1. The van der Waals surface area contributed by atoms with E-state index in [1.807, 2.05) is 24.3 Å². The molecule has 0 spiro atoms. The van der Waals surface area contributed by atoms with Crippen LogP contribution in [0.4, 0.5) is 5.69 Å². The molecule has 1 aliphatic heterocycles. The molecule has 0 unspecified atom stereocenters. The first-order valence-corrected chi connectivity index (χ1v) is 10.6. The van der Waals surface area contributed by atoms with Crippen LogP contribution in [0.2, 0.25) is 0 Å². The number of benzene rings is 1. The number of anilines is 1. The van der Waals surface area contributed by atoms with Gasteiger partial charge in [-0.3, -0.25) is 24.7 Å². The van der Waals surface area contributed by atoms with Crippen LogP contribution in [0.25, 0.3) is 0 Å². The van der Waals surface area contributed by atoms with Gasteiger partial charge in [-0.25, -0.2) is 5.10 Å². The van der Waals surface area contributed by atoms with Gasteiger partial charge in [0.1, 0.15) is 0 Å². The van der Waals surface area contributed by atoms with E-state index in [1.54, 1.807) is 0 Å². The first-order chi connectivity index (χ1) is 15.8. The van der Waals surface area contributed by atoms with Gasteiger partial charge in [0, 0.05) is 37.4 Å². The molecular weight excluding hydrogens is 475 g/mol. The summed E-state index contributed by atoms with van der Waals surface area (Å²) in [5, 5.41) is 6.75. The molecule has 3 rings (SSSR count). The van der Waals surface area contributed by atoms with Gasteiger partial charge in [-0.2, -0.15) is 12.2 Å². The largest absolute Gasteiger partial charge is 1.00 e. The van der Waals surface area contributed by atoms with E-state index < -0.39 is 10.6 Å². The van der Waals surface area contributed by atoms with Crippen molar-refractivity contribution in [3.8, 4) is 0 Å². The molecule has 0 radical (unpaired) electrons. The summed E-state index contributed by atoms with van der Waals surface area (Å²) in [6.07, 6.45) is 10.5. The second-order valence-electron chi connectivity index (χ2n) is 6.53. The fourth-order valence-corrected chi connectivity index (χ4v) is 2.67. The average Bonchev–Trinajstić information content (AvgIpc) is 3.10. The quantitative estimate of drug-likeness (QED) is 0.127. The van der Waals surface area contributed by atoms with Crippen LogP contribution in [-0.4, -0.2) is 59.8 Å². The first kappa shape index (κ1) is 28.8. The Labute approximate surface area is 219 Å². The molecule has 172 valence electrons. The number of ketones is 1. The molecule has 1 aliphatic carbocycles. The van der Waals surface area contributed by atoms with Crippen LogP contribution in [0, 0.1) is 6.08 Å². The Balaban J connectivity index is 0.00000107. The summed E-state index contributed by atoms with van der Waals surface area (Å²) < 4.78 is 25.3. The van der Waals surface area contributed by atoms with Crippen LogP contribution < -0.4 is 40.3 Å². The number of imide groups is 1. The van der Waals surface area contributed by atoms with Gasteiger partial charge in [-0.05, 0) is 24.1 Å². The minimum Gasteiger partial charge on any atom is -0.354 e. The zero-order chi connectivity index (χ0) is 24.2. The monoisotopic (exact) mass is 494 g/mol. The summed E-state index contributed by atoms with van der Waals surface area (Å²) in [6.45, 7) is 0.380. The fraction of sp³-hybridized carbons (Fsp3) is 0.190. The molecule has 0 atom stereocenters. The maximum Gasteiger partial charge on any atom is 1.00 e. The van der Waals surface area contributed by atoms with E-state index in [-0.39, 0.29) is 78.3 Å². The van der Waals surface area contributed by atoms with E-state index in [0.717, 1.165) is 16.2 Å².